The van der Waals surface area contributed by atoms with Crippen molar-refractivity contribution in [1.82, 2.24) is 0 Å². The number of rotatable bonds is 12. The molecule has 1 saturated carbocycles. The van der Waals surface area contributed by atoms with E-state index in [-0.39, 0.29) is 11.9 Å². The quantitative estimate of drug-likeness (QED) is 0.160. The number of methoxy groups -OCH3 is 1. The van der Waals surface area contributed by atoms with Crippen LogP contribution in [-0.2, 0) is 9.53 Å². The molecule has 0 spiro atoms. The Morgan fingerprint density at radius 1 is 1.05 bits per heavy atom. The number of carbonyl (C=O) groups is 1. The molecule has 0 bridgehead atoms. The van der Waals surface area contributed by atoms with Gasteiger partial charge in [0.05, 0.1) is 13.0 Å². The van der Waals surface area contributed by atoms with Gasteiger partial charge in [0.1, 0.15) is 0 Å². The van der Waals surface area contributed by atoms with Crippen molar-refractivity contribution in [2.24, 2.45) is 11.8 Å². The maximum atomic E-state index is 11.8. The van der Waals surface area contributed by atoms with Crippen molar-refractivity contribution in [3.63, 3.8) is 0 Å². The minimum absolute atomic E-state index is 0.0243. The van der Waals surface area contributed by atoms with Gasteiger partial charge in [-0.15, -0.1) is 0 Å². The fourth-order valence-electron chi connectivity index (χ4n) is 3.73. The fraction of sp³-hybridized carbons (Fsp3) is 0.947. The first-order valence-electron chi connectivity index (χ1n) is 9.42. The highest BCUT2D eigenvalue weighted by atomic mass is 127. The van der Waals surface area contributed by atoms with Gasteiger partial charge in [0.2, 0.25) is 0 Å². The standard InChI is InChI=1S/C19H35IO2/c1-3-4-5-6-7-8-9-10-11-15-18(20)16-13-12-14-17(16)19(21)22-2/h16-18H,3-15H2,1-2H3/t16-,17-,18?/m1/s1. The molecule has 0 heterocycles. The van der Waals surface area contributed by atoms with Gasteiger partial charge in [-0.2, -0.15) is 0 Å². The summed E-state index contributed by atoms with van der Waals surface area (Å²) in [5, 5.41) is 0. The number of halogens is 1. The van der Waals surface area contributed by atoms with Crippen molar-refractivity contribution >= 4 is 28.6 Å². The highest BCUT2D eigenvalue weighted by Crippen LogP contribution is 2.39. The van der Waals surface area contributed by atoms with Crippen LogP contribution in [-0.4, -0.2) is 17.0 Å². The summed E-state index contributed by atoms with van der Waals surface area (Å²) < 4.78 is 5.62. The summed E-state index contributed by atoms with van der Waals surface area (Å²) in [5.74, 6) is 0.754. The molecule has 0 radical (unpaired) electrons. The molecule has 0 aromatic rings. The van der Waals surface area contributed by atoms with Crippen molar-refractivity contribution in [1.29, 1.82) is 0 Å². The normalized spacial score (nSPS) is 22.7. The van der Waals surface area contributed by atoms with Crippen LogP contribution in [0.15, 0.2) is 0 Å². The Morgan fingerprint density at radius 2 is 1.64 bits per heavy atom. The van der Waals surface area contributed by atoms with Gasteiger partial charge in [0.25, 0.3) is 0 Å². The van der Waals surface area contributed by atoms with Crippen molar-refractivity contribution in [3.8, 4) is 0 Å². The van der Waals surface area contributed by atoms with Gasteiger partial charge < -0.3 is 4.74 Å². The molecule has 130 valence electrons. The lowest BCUT2D eigenvalue weighted by Crippen LogP contribution is -2.26. The molecule has 0 aliphatic heterocycles. The van der Waals surface area contributed by atoms with Crippen LogP contribution < -0.4 is 0 Å². The minimum atomic E-state index is 0.0243. The third-order valence-electron chi connectivity index (χ3n) is 5.12. The fourth-order valence-corrected chi connectivity index (χ4v) is 5.03. The summed E-state index contributed by atoms with van der Waals surface area (Å²) >= 11 is 2.58. The lowest BCUT2D eigenvalue weighted by molar-refractivity contribution is -0.146. The van der Waals surface area contributed by atoms with Crippen LogP contribution in [0.1, 0.15) is 90.4 Å². The summed E-state index contributed by atoms with van der Waals surface area (Å²) in [6.45, 7) is 2.27. The second-order valence-corrected chi connectivity index (χ2v) is 8.46. The summed E-state index contributed by atoms with van der Waals surface area (Å²) in [6, 6.07) is 0. The number of ether oxygens (including phenoxy) is 1. The lowest BCUT2D eigenvalue weighted by atomic mass is 9.90. The number of carbonyl (C=O) groups excluding carboxylic acids is 1. The highest BCUT2D eigenvalue weighted by molar-refractivity contribution is 14.1. The largest absolute Gasteiger partial charge is 0.469 e. The third-order valence-corrected chi connectivity index (χ3v) is 6.67. The van der Waals surface area contributed by atoms with E-state index in [1.165, 1.54) is 84.2 Å². The van der Waals surface area contributed by atoms with Gasteiger partial charge in [0.15, 0.2) is 0 Å². The Bertz CT molecular complexity index is 293. The molecule has 2 nitrogen and oxygen atoms in total. The molecular weight excluding hydrogens is 387 g/mol. The predicted molar refractivity (Wildman–Crippen MR) is 102 cm³/mol. The van der Waals surface area contributed by atoms with Crippen molar-refractivity contribution in [2.45, 2.75) is 94.3 Å². The van der Waals surface area contributed by atoms with Gasteiger partial charge in [-0.25, -0.2) is 0 Å². The molecule has 1 rings (SSSR count). The highest BCUT2D eigenvalue weighted by Gasteiger charge is 2.37. The Morgan fingerprint density at radius 3 is 2.23 bits per heavy atom. The summed E-state index contributed by atoms with van der Waals surface area (Å²) in [6.07, 6.45) is 17.2. The zero-order valence-corrected chi connectivity index (χ0v) is 16.8. The molecule has 3 heteroatoms. The summed E-state index contributed by atoms with van der Waals surface area (Å²) in [7, 11) is 1.53. The molecule has 0 aromatic carbocycles. The van der Waals surface area contributed by atoms with Gasteiger partial charge >= 0.3 is 5.97 Å². The smallest absolute Gasteiger partial charge is 0.308 e. The zero-order valence-electron chi connectivity index (χ0n) is 14.6. The Kier molecular flexibility index (Phi) is 11.6. The van der Waals surface area contributed by atoms with Gasteiger partial charge in [-0.3, -0.25) is 4.79 Å². The maximum absolute atomic E-state index is 11.8. The second-order valence-electron chi connectivity index (χ2n) is 6.86. The van der Waals surface area contributed by atoms with Crippen LogP contribution in [0.3, 0.4) is 0 Å². The van der Waals surface area contributed by atoms with Crippen molar-refractivity contribution in [3.05, 3.63) is 0 Å². The average Bonchev–Trinajstić information content (AvgIpc) is 3.02. The average molecular weight is 422 g/mol. The van der Waals surface area contributed by atoms with Crippen LogP contribution in [0.5, 0.6) is 0 Å². The van der Waals surface area contributed by atoms with Crippen LogP contribution in [0.4, 0.5) is 0 Å². The van der Waals surface area contributed by atoms with Crippen LogP contribution in [0, 0.1) is 11.8 Å². The molecular formula is C19H35IO2. The van der Waals surface area contributed by atoms with E-state index >= 15 is 0 Å². The van der Waals surface area contributed by atoms with Gasteiger partial charge in [-0.1, -0.05) is 93.7 Å². The molecule has 1 aliphatic rings. The number of hydrogen-bond donors (Lipinski definition) is 0. The van der Waals surface area contributed by atoms with Crippen LogP contribution >= 0.6 is 22.6 Å². The first-order valence-corrected chi connectivity index (χ1v) is 10.7. The summed E-state index contributed by atoms with van der Waals surface area (Å²) in [4.78, 5) is 11.8. The Balaban J connectivity index is 2.05. The summed E-state index contributed by atoms with van der Waals surface area (Å²) in [5.41, 5.74) is 0. The SMILES string of the molecule is CCCCCCCCCCCC(I)[C@@H]1CCC[C@H]1C(=O)OC. The molecule has 0 aromatic heterocycles. The second kappa shape index (κ2) is 12.6. The van der Waals surface area contributed by atoms with Gasteiger partial charge in [-0.05, 0) is 25.2 Å². The van der Waals surface area contributed by atoms with Gasteiger partial charge in [0, 0.05) is 3.92 Å². The number of alkyl halides is 1. The number of unbranched alkanes of at least 4 members (excludes halogenated alkanes) is 8. The van der Waals surface area contributed by atoms with E-state index in [0.29, 0.717) is 9.84 Å². The van der Waals surface area contributed by atoms with E-state index in [2.05, 4.69) is 29.5 Å². The van der Waals surface area contributed by atoms with E-state index in [1.54, 1.807) is 0 Å². The third kappa shape index (κ3) is 7.65. The predicted octanol–water partition coefficient (Wildman–Crippen LogP) is 6.30. The van der Waals surface area contributed by atoms with Crippen molar-refractivity contribution in [2.75, 3.05) is 7.11 Å². The van der Waals surface area contributed by atoms with Crippen LogP contribution in [0.2, 0.25) is 0 Å². The molecule has 1 aliphatic carbocycles. The Labute approximate surface area is 151 Å². The number of hydrogen-bond acceptors (Lipinski definition) is 2. The zero-order chi connectivity index (χ0) is 16.2. The molecule has 1 fully saturated rings. The minimum Gasteiger partial charge on any atom is -0.469 e. The number of esters is 1. The molecule has 0 amide bonds. The molecule has 0 saturated heterocycles. The first-order chi connectivity index (χ1) is 10.7. The topological polar surface area (TPSA) is 26.3 Å². The monoisotopic (exact) mass is 422 g/mol. The van der Waals surface area contributed by atoms with E-state index < -0.39 is 0 Å². The van der Waals surface area contributed by atoms with E-state index in [1.807, 2.05) is 0 Å². The van der Waals surface area contributed by atoms with Crippen LogP contribution in [0.25, 0.3) is 0 Å². The maximum Gasteiger partial charge on any atom is 0.308 e. The molecule has 1 unspecified atom stereocenters. The molecule has 3 atom stereocenters. The first kappa shape index (κ1) is 20.2. The molecule has 22 heavy (non-hydrogen) atoms. The lowest BCUT2D eigenvalue weighted by Gasteiger charge is -2.22. The van der Waals surface area contributed by atoms with E-state index in [0.717, 1.165) is 6.42 Å². The van der Waals surface area contributed by atoms with Crippen molar-refractivity contribution < 1.29 is 9.53 Å². The van der Waals surface area contributed by atoms with E-state index in [4.69, 9.17) is 4.74 Å². The molecule has 0 N–H and O–H groups in total. The Hall–Kier alpha value is 0.200. The van der Waals surface area contributed by atoms with E-state index in [9.17, 15) is 4.79 Å².